The monoisotopic (exact) mass is 504 g/mol. The van der Waals surface area contributed by atoms with Gasteiger partial charge in [0.2, 0.25) is 0 Å². The Morgan fingerprint density at radius 1 is 0.441 bits per heavy atom. The van der Waals surface area contributed by atoms with Gasteiger partial charge in [-0.1, -0.05) is 0 Å². The molecule has 0 aromatic rings. The van der Waals surface area contributed by atoms with Crippen LogP contribution in [0.3, 0.4) is 0 Å². The molecule has 0 aromatic carbocycles. The molecule has 34 heavy (non-hydrogen) atoms. The molecule has 0 unspecified atom stereocenters. The van der Waals surface area contributed by atoms with E-state index < -0.39 is 112 Å². The molecule has 11 N–H and O–H groups in total. The van der Waals surface area contributed by atoms with Crippen molar-refractivity contribution < 1.29 is 79.9 Å². The highest BCUT2D eigenvalue weighted by atomic mass is 16.7. The van der Waals surface area contributed by atoms with Crippen molar-refractivity contribution in [1.82, 2.24) is 0 Å². The van der Waals surface area contributed by atoms with Gasteiger partial charge in [0.15, 0.2) is 18.9 Å². The Bertz CT molecular complexity index is 639. The van der Waals surface area contributed by atoms with E-state index >= 15 is 0 Å². The molecular weight excluding hydrogens is 472 g/mol. The predicted octanol–water partition coefficient (Wildman–Crippen LogP) is -7.57. The van der Waals surface area contributed by atoms with E-state index in [1.165, 1.54) is 0 Å². The van der Waals surface area contributed by atoms with E-state index in [2.05, 4.69) is 0 Å². The molecule has 3 rings (SSSR count). The van der Waals surface area contributed by atoms with E-state index in [-0.39, 0.29) is 0 Å². The lowest BCUT2D eigenvalue weighted by Gasteiger charge is -2.43. The van der Waals surface area contributed by atoms with Crippen LogP contribution >= 0.6 is 0 Å². The number of aliphatic hydroxyl groups excluding tert-OH is 11. The van der Waals surface area contributed by atoms with Crippen molar-refractivity contribution in [3.8, 4) is 0 Å². The minimum absolute atomic E-state index is 0.570. The molecule has 0 aromatic heterocycles. The molecule has 3 saturated heterocycles. The molecule has 3 aliphatic rings. The highest BCUT2D eigenvalue weighted by molar-refractivity contribution is 4.92. The van der Waals surface area contributed by atoms with Crippen LogP contribution in [0.15, 0.2) is 0 Å². The van der Waals surface area contributed by atoms with Gasteiger partial charge < -0.3 is 79.9 Å². The summed E-state index contributed by atoms with van der Waals surface area (Å²) in [6, 6.07) is 0. The van der Waals surface area contributed by atoms with Crippen LogP contribution < -0.4 is 0 Å². The van der Waals surface area contributed by atoms with E-state index in [9.17, 15) is 56.2 Å². The molecule has 0 bridgehead atoms. The molecule has 0 radical (unpaired) electrons. The minimum atomic E-state index is -1.82. The van der Waals surface area contributed by atoms with Crippen molar-refractivity contribution >= 4 is 0 Å². The molecule has 0 saturated carbocycles. The summed E-state index contributed by atoms with van der Waals surface area (Å²) in [5, 5.41) is 108. The summed E-state index contributed by atoms with van der Waals surface area (Å²) in [5.41, 5.74) is 0. The number of ether oxygens (including phenoxy) is 5. The van der Waals surface area contributed by atoms with Gasteiger partial charge in [-0.2, -0.15) is 0 Å². The average Bonchev–Trinajstić information content (AvgIpc) is 2.82. The van der Waals surface area contributed by atoms with Crippen molar-refractivity contribution in [3.05, 3.63) is 0 Å². The van der Waals surface area contributed by atoms with Crippen LogP contribution in [0.5, 0.6) is 0 Å². The maximum absolute atomic E-state index is 10.2. The Kier molecular flexibility index (Phi) is 9.54. The number of hydrogen-bond donors (Lipinski definition) is 11. The van der Waals surface area contributed by atoms with Crippen LogP contribution in [0.4, 0.5) is 0 Å². The Morgan fingerprint density at radius 3 is 1.29 bits per heavy atom. The van der Waals surface area contributed by atoms with Crippen molar-refractivity contribution in [2.24, 2.45) is 0 Å². The van der Waals surface area contributed by atoms with Gasteiger partial charge in [0.25, 0.3) is 0 Å². The summed E-state index contributed by atoms with van der Waals surface area (Å²) in [6.07, 6.45) is -24.4. The number of aliphatic hydroxyl groups is 11. The smallest absolute Gasteiger partial charge is 0.186 e. The summed E-state index contributed by atoms with van der Waals surface area (Å²) < 4.78 is 26.1. The highest BCUT2D eigenvalue weighted by Gasteiger charge is 2.48. The lowest BCUT2D eigenvalue weighted by Crippen LogP contribution is -2.62. The first kappa shape index (κ1) is 27.9. The van der Waals surface area contributed by atoms with Crippen LogP contribution in [-0.4, -0.2) is 168 Å². The summed E-state index contributed by atoms with van der Waals surface area (Å²) in [5.74, 6) is 0. The molecular formula is C18H32O16. The molecule has 15 atom stereocenters. The zero-order chi connectivity index (χ0) is 25.3. The van der Waals surface area contributed by atoms with E-state index in [0.717, 1.165) is 0 Å². The Morgan fingerprint density at radius 2 is 0.824 bits per heavy atom. The van der Waals surface area contributed by atoms with Crippen LogP contribution in [0.1, 0.15) is 0 Å². The Balaban J connectivity index is 1.58. The number of rotatable bonds is 7. The molecule has 3 heterocycles. The summed E-state index contributed by atoms with van der Waals surface area (Å²) in [7, 11) is 0. The quantitative estimate of drug-likeness (QED) is 0.154. The fourth-order valence-corrected chi connectivity index (χ4v) is 3.84. The molecule has 3 fully saturated rings. The summed E-state index contributed by atoms with van der Waals surface area (Å²) in [6.45, 7) is -1.84. The minimum Gasteiger partial charge on any atom is -0.394 e. The third-order valence-corrected chi connectivity index (χ3v) is 6.05. The van der Waals surface area contributed by atoms with Gasteiger partial charge in [0.05, 0.1) is 19.8 Å². The third kappa shape index (κ3) is 5.68. The summed E-state index contributed by atoms with van der Waals surface area (Å²) in [4.78, 5) is 0. The molecule has 0 aliphatic carbocycles. The normalized spacial score (nSPS) is 52.5. The van der Waals surface area contributed by atoms with Crippen molar-refractivity contribution in [3.63, 3.8) is 0 Å². The van der Waals surface area contributed by atoms with Gasteiger partial charge in [-0.05, 0) is 0 Å². The highest BCUT2D eigenvalue weighted by Crippen LogP contribution is 2.27. The maximum atomic E-state index is 10.2. The van der Waals surface area contributed by atoms with Crippen LogP contribution in [0.2, 0.25) is 0 Å². The lowest BCUT2D eigenvalue weighted by molar-refractivity contribution is -0.340. The van der Waals surface area contributed by atoms with E-state index in [1.54, 1.807) is 0 Å². The predicted molar refractivity (Wildman–Crippen MR) is 101 cm³/mol. The van der Waals surface area contributed by atoms with Crippen LogP contribution in [-0.2, 0) is 23.7 Å². The van der Waals surface area contributed by atoms with Crippen LogP contribution in [0.25, 0.3) is 0 Å². The molecule has 200 valence electrons. The van der Waals surface area contributed by atoms with Crippen molar-refractivity contribution in [2.45, 2.75) is 92.1 Å². The van der Waals surface area contributed by atoms with Gasteiger partial charge in [-0.3, -0.25) is 0 Å². The van der Waals surface area contributed by atoms with Gasteiger partial charge >= 0.3 is 0 Å². The lowest BCUT2D eigenvalue weighted by atomic mass is 9.98. The van der Waals surface area contributed by atoms with Gasteiger partial charge in [0, 0.05) is 0 Å². The molecule has 3 aliphatic heterocycles. The summed E-state index contributed by atoms with van der Waals surface area (Å²) >= 11 is 0. The standard InChI is InChI=1S/C18H32O16/c19-1-4-7(20)11(24)14(27)17(33-4)31-3-6-9(22)12(25)15(28)18(34-6)30-2-5-8(21)10(23)13(26)16(29)32-5/h4-29H,1-3H2/t4-,5-,6+,7-,8-,9-,10+,11+,12+,13-,14+,15-,16+,17+,18+/m0/s1. The zero-order valence-corrected chi connectivity index (χ0v) is 17.7. The van der Waals surface area contributed by atoms with Gasteiger partial charge in [0.1, 0.15) is 73.2 Å². The second kappa shape index (κ2) is 11.6. The largest absolute Gasteiger partial charge is 0.394 e. The second-order valence-electron chi connectivity index (χ2n) is 8.42. The van der Waals surface area contributed by atoms with Crippen molar-refractivity contribution in [1.29, 1.82) is 0 Å². The van der Waals surface area contributed by atoms with Gasteiger partial charge in [-0.15, -0.1) is 0 Å². The zero-order valence-electron chi connectivity index (χ0n) is 17.7. The molecule has 0 spiro atoms. The van der Waals surface area contributed by atoms with Crippen LogP contribution in [0, 0.1) is 0 Å². The Labute approximate surface area is 192 Å². The first-order chi connectivity index (χ1) is 16.0. The van der Waals surface area contributed by atoms with Gasteiger partial charge in [-0.25, -0.2) is 0 Å². The molecule has 16 nitrogen and oxygen atoms in total. The fraction of sp³-hybridized carbons (Fsp3) is 1.00. The van der Waals surface area contributed by atoms with E-state index in [4.69, 9.17) is 23.7 Å². The fourth-order valence-electron chi connectivity index (χ4n) is 3.84. The Hall–Kier alpha value is -0.640. The third-order valence-electron chi connectivity index (χ3n) is 6.05. The van der Waals surface area contributed by atoms with E-state index in [0.29, 0.717) is 0 Å². The molecule has 0 amide bonds. The SMILES string of the molecule is OC[C@@H]1O[C@@H](OC[C@H]2O[C@@H](OC[C@@H]3O[C@@H](O)[C@@H](O)[C@H](O)[C@H]3O)[C@@H](O)[C@H](O)[C@H]2O)[C@H](O)[C@H](O)[C@H]1O. The number of hydrogen-bond acceptors (Lipinski definition) is 16. The van der Waals surface area contributed by atoms with E-state index in [1.807, 2.05) is 0 Å². The average molecular weight is 504 g/mol. The molecule has 16 heteroatoms. The second-order valence-corrected chi connectivity index (χ2v) is 8.42. The topological polar surface area (TPSA) is 269 Å². The first-order valence-electron chi connectivity index (χ1n) is 10.6. The van der Waals surface area contributed by atoms with Crippen molar-refractivity contribution in [2.75, 3.05) is 19.8 Å². The maximum Gasteiger partial charge on any atom is 0.186 e. The first-order valence-corrected chi connectivity index (χ1v) is 10.6.